The van der Waals surface area contributed by atoms with Gasteiger partial charge in [0.1, 0.15) is 0 Å². The van der Waals surface area contributed by atoms with Gasteiger partial charge in [0.05, 0.1) is 0 Å². The van der Waals surface area contributed by atoms with Gasteiger partial charge in [-0.3, -0.25) is 0 Å². The highest BCUT2D eigenvalue weighted by Crippen LogP contribution is 2.32. The molecule has 0 amide bonds. The minimum Gasteiger partial charge on any atom is -0.0988 e. The maximum absolute atomic E-state index is 4.26. The first-order valence-corrected chi connectivity index (χ1v) is 10.1. The lowest BCUT2D eigenvalue weighted by atomic mass is 9.88. The third kappa shape index (κ3) is 5.96. The van der Waals surface area contributed by atoms with Crippen molar-refractivity contribution in [3.8, 4) is 0 Å². The van der Waals surface area contributed by atoms with Gasteiger partial charge in [-0.2, -0.15) is 0 Å². The number of hydrogen-bond acceptors (Lipinski definition) is 0. The molecule has 0 fully saturated rings. The molecule has 0 spiro atoms. The number of allylic oxidation sites excluding steroid dienone is 12. The predicted molar refractivity (Wildman–Crippen MR) is 126 cm³/mol. The number of benzene rings is 1. The first kappa shape index (κ1) is 21.7. The lowest BCUT2D eigenvalue weighted by Crippen LogP contribution is -1.97. The van der Waals surface area contributed by atoms with Crippen molar-refractivity contribution >= 4 is 5.57 Å². The maximum atomic E-state index is 4.26. The van der Waals surface area contributed by atoms with E-state index in [1.54, 1.807) is 0 Å². The van der Waals surface area contributed by atoms with Gasteiger partial charge in [-0.05, 0) is 81.7 Å². The Morgan fingerprint density at radius 1 is 1.04 bits per heavy atom. The molecule has 28 heavy (non-hydrogen) atoms. The highest BCUT2D eigenvalue weighted by molar-refractivity contribution is 5.72. The molecule has 1 aromatic rings. The van der Waals surface area contributed by atoms with Crippen molar-refractivity contribution in [2.24, 2.45) is 0 Å². The van der Waals surface area contributed by atoms with Crippen LogP contribution >= 0.6 is 0 Å². The fraction of sp³-hybridized carbons (Fsp3) is 0.286. The standard InChI is InChI=1S/C28H34/c1-8-22(5)24(7)16-21(4)17-25(9-2)18-28-19-27(15-12-23(28)6)26-13-10-20(3)11-14-26/h8-11,13-14,16,18-19H,2,4,12,15,17H2,1,3,5-7H3/b22-8-,24-16+,25-18+. The summed E-state index contributed by atoms with van der Waals surface area (Å²) in [5, 5.41) is 0. The van der Waals surface area contributed by atoms with Crippen LogP contribution in [0.15, 0.2) is 101 Å². The Kier molecular flexibility index (Phi) is 7.81. The highest BCUT2D eigenvalue weighted by atomic mass is 14.2. The quantitative estimate of drug-likeness (QED) is 0.422. The van der Waals surface area contributed by atoms with E-state index >= 15 is 0 Å². The van der Waals surface area contributed by atoms with Crippen molar-refractivity contribution in [1.29, 1.82) is 0 Å². The van der Waals surface area contributed by atoms with Gasteiger partial charge >= 0.3 is 0 Å². The number of rotatable bonds is 7. The third-order valence-electron chi connectivity index (χ3n) is 5.52. The second-order valence-electron chi connectivity index (χ2n) is 7.83. The summed E-state index contributed by atoms with van der Waals surface area (Å²) in [5.74, 6) is 0. The third-order valence-corrected chi connectivity index (χ3v) is 5.52. The number of hydrogen-bond donors (Lipinski definition) is 0. The minimum absolute atomic E-state index is 0.822. The van der Waals surface area contributed by atoms with Crippen molar-refractivity contribution in [1.82, 2.24) is 0 Å². The molecule has 0 atom stereocenters. The SMILES string of the molecule is C=C/C(=C\C1=C(C)CCC(c2ccc(C)cc2)=C1)CC(=C)/C=C(C)/C(C)=C\C. The molecular formula is C28H34. The average molecular weight is 371 g/mol. The van der Waals surface area contributed by atoms with Crippen LogP contribution in [-0.4, -0.2) is 0 Å². The van der Waals surface area contributed by atoms with Crippen LogP contribution in [-0.2, 0) is 0 Å². The van der Waals surface area contributed by atoms with Gasteiger partial charge < -0.3 is 0 Å². The topological polar surface area (TPSA) is 0 Å². The van der Waals surface area contributed by atoms with Crippen molar-refractivity contribution < 1.29 is 0 Å². The molecule has 0 unspecified atom stereocenters. The lowest BCUT2D eigenvalue weighted by Gasteiger charge is -2.17. The van der Waals surface area contributed by atoms with Gasteiger partial charge in [-0.25, -0.2) is 0 Å². The fourth-order valence-corrected chi connectivity index (χ4v) is 3.35. The van der Waals surface area contributed by atoms with Crippen molar-refractivity contribution in [2.45, 2.75) is 53.9 Å². The van der Waals surface area contributed by atoms with Crippen molar-refractivity contribution in [3.63, 3.8) is 0 Å². The molecule has 0 aromatic heterocycles. The molecule has 0 aliphatic heterocycles. The smallest absolute Gasteiger partial charge is 0.00315 e. The van der Waals surface area contributed by atoms with Crippen LogP contribution in [0.25, 0.3) is 5.57 Å². The average Bonchev–Trinajstić information content (AvgIpc) is 2.68. The van der Waals surface area contributed by atoms with Crippen molar-refractivity contribution in [3.05, 3.63) is 112 Å². The summed E-state index contributed by atoms with van der Waals surface area (Å²) in [6.45, 7) is 19.0. The Morgan fingerprint density at radius 3 is 2.32 bits per heavy atom. The van der Waals surface area contributed by atoms with Gasteiger partial charge in [0, 0.05) is 0 Å². The summed E-state index contributed by atoms with van der Waals surface area (Å²) in [7, 11) is 0. The van der Waals surface area contributed by atoms with Gasteiger partial charge in [-0.15, -0.1) is 0 Å². The Hall–Kier alpha value is -2.60. The van der Waals surface area contributed by atoms with E-state index in [-0.39, 0.29) is 0 Å². The molecule has 0 heterocycles. The zero-order valence-corrected chi connectivity index (χ0v) is 18.2. The van der Waals surface area contributed by atoms with Crippen LogP contribution < -0.4 is 0 Å². The summed E-state index contributed by atoms with van der Waals surface area (Å²) in [5.41, 5.74) is 11.7. The first-order valence-electron chi connectivity index (χ1n) is 10.1. The van der Waals surface area contributed by atoms with Crippen molar-refractivity contribution in [2.75, 3.05) is 0 Å². The molecule has 1 aromatic carbocycles. The Morgan fingerprint density at radius 2 is 1.71 bits per heavy atom. The maximum Gasteiger partial charge on any atom is -0.00315 e. The van der Waals surface area contributed by atoms with E-state index in [0.29, 0.717) is 0 Å². The second kappa shape index (κ2) is 10.1. The molecule has 0 N–H and O–H groups in total. The zero-order valence-electron chi connectivity index (χ0n) is 18.2. The summed E-state index contributed by atoms with van der Waals surface area (Å²) in [6, 6.07) is 8.85. The molecule has 0 bridgehead atoms. The lowest BCUT2D eigenvalue weighted by molar-refractivity contribution is 0.962. The van der Waals surface area contributed by atoms with E-state index in [9.17, 15) is 0 Å². The van der Waals surface area contributed by atoms with Gasteiger partial charge in [-0.1, -0.05) is 90.1 Å². The van der Waals surface area contributed by atoms with E-state index in [2.05, 4.69) is 96.3 Å². The Labute approximate surface area is 172 Å². The van der Waals surface area contributed by atoms with E-state index < -0.39 is 0 Å². The van der Waals surface area contributed by atoms with E-state index in [0.717, 1.165) is 24.8 Å². The van der Waals surface area contributed by atoms with Gasteiger partial charge in [0.25, 0.3) is 0 Å². The minimum atomic E-state index is 0.822. The molecule has 146 valence electrons. The molecule has 0 nitrogen and oxygen atoms in total. The summed E-state index contributed by atoms with van der Waals surface area (Å²) < 4.78 is 0. The summed E-state index contributed by atoms with van der Waals surface area (Å²) >= 11 is 0. The monoisotopic (exact) mass is 370 g/mol. The van der Waals surface area contributed by atoms with Crippen LogP contribution in [0.2, 0.25) is 0 Å². The van der Waals surface area contributed by atoms with E-state index in [1.807, 2.05) is 6.08 Å². The van der Waals surface area contributed by atoms with Gasteiger partial charge in [0.2, 0.25) is 0 Å². The van der Waals surface area contributed by atoms with Gasteiger partial charge in [0.15, 0.2) is 0 Å². The van der Waals surface area contributed by atoms with Crippen LogP contribution in [0.1, 0.15) is 58.1 Å². The van der Waals surface area contributed by atoms with Crippen LogP contribution in [0.3, 0.4) is 0 Å². The largest absolute Gasteiger partial charge is 0.0988 e. The molecule has 0 saturated carbocycles. The Balaban J connectivity index is 2.25. The molecule has 1 aliphatic carbocycles. The molecule has 0 saturated heterocycles. The normalized spacial score (nSPS) is 16.2. The fourth-order valence-electron chi connectivity index (χ4n) is 3.35. The second-order valence-corrected chi connectivity index (χ2v) is 7.83. The van der Waals surface area contributed by atoms with E-state index in [1.165, 1.54) is 44.6 Å². The van der Waals surface area contributed by atoms with E-state index in [4.69, 9.17) is 0 Å². The first-order chi connectivity index (χ1) is 13.3. The molecule has 1 aliphatic rings. The van der Waals surface area contributed by atoms with Crippen LogP contribution in [0, 0.1) is 6.92 Å². The molecular weight excluding hydrogens is 336 g/mol. The number of aryl methyl sites for hydroxylation is 1. The summed E-state index contributed by atoms with van der Waals surface area (Å²) in [4.78, 5) is 0. The Bertz CT molecular complexity index is 890. The molecule has 2 rings (SSSR count). The van der Waals surface area contributed by atoms with Crippen LogP contribution in [0.5, 0.6) is 0 Å². The summed E-state index contributed by atoms with van der Waals surface area (Å²) in [6.07, 6.45) is 13.9. The zero-order chi connectivity index (χ0) is 20.7. The predicted octanol–water partition coefficient (Wildman–Crippen LogP) is 8.46. The molecule has 0 heteroatoms. The highest BCUT2D eigenvalue weighted by Gasteiger charge is 2.11. The molecule has 0 radical (unpaired) electrons. The van der Waals surface area contributed by atoms with Crippen LogP contribution in [0.4, 0.5) is 0 Å².